The van der Waals surface area contributed by atoms with Gasteiger partial charge in [0.2, 0.25) is 0 Å². The van der Waals surface area contributed by atoms with E-state index in [-0.39, 0.29) is 11.9 Å². The van der Waals surface area contributed by atoms with Crippen molar-refractivity contribution in [3.63, 3.8) is 0 Å². The van der Waals surface area contributed by atoms with Crippen LogP contribution in [0.25, 0.3) is 0 Å². The number of nitrogens with zero attached hydrogens (tertiary/aromatic N) is 3. The molecule has 0 saturated carbocycles. The number of hydrogen-bond acceptors (Lipinski definition) is 2. The van der Waals surface area contributed by atoms with Gasteiger partial charge >= 0.3 is 0 Å². The largest absolute Gasteiger partial charge is 0.326 e. The number of rotatable bonds is 4. The Kier molecular flexibility index (Phi) is 4.03. The molecule has 4 nitrogen and oxygen atoms in total. The minimum Gasteiger partial charge on any atom is -0.326 e. The summed E-state index contributed by atoms with van der Waals surface area (Å²) in [5, 5.41) is 4.54. The van der Waals surface area contributed by atoms with E-state index in [1.54, 1.807) is 29.0 Å². The average molecular weight is 316 g/mol. The summed E-state index contributed by atoms with van der Waals surface area (Å²) in [6.45, 7) is 4.10. The molecule has 0 N–H and O–H groups in total. The molecule has 1 amide bonds. The second kappa shape index (κ2) is 5.97. The van der Waals surface area contributed by atoms with E-state index in [0.29, 0.717) is 17.1 Å². The van der Waals surface area contributed by atoms with Crippen molar-refractivity contribution in [3.05, 3.63) is 65.0 Å². The number of carbonyl (C=O) groups is 1. The van der Waals surface area contributed by atoms with Crippen molar-refractivity contribution in [2.24, 2.45) is 7.05 Å². The van der Waals surface area contributed by atoms with Gasteiger partial charge in [0, 0.05) is 18.3 Å². The first kappa shape index (κ1) is 14.9. The van der Waals surface area contributed by atoms with Crippen LogP contribution in [-0.4, -0.2) is 27.1 Å². The third-order valence-electron chi connectivity index (χ3n) is 4.03. The predicted molar refractivity (Wildman–Crippen MR) is 86.7 cm³/mol. The molecule has 114 valence electrons. The Bertz CT molecular complexity index is 722. The fourth-order valence-corrected chi connectivity index (χ4v) is 3.19. The molecule has 3 rings (SSSR count). The minimum absolute atomic E-state index is 0.0411. The lowest BCUT2D eigenvalue weighted by atomic mass is 10.1. The van der Waals surface area contributed by atoms with E-state index in [4.69, 9.17) is 11.6 Å². The number of halogens is 1. The first-order chi connectivity index (χ1) is 10.6. The normalized spacial score (nSPS) is 16.4. The second-order valence-electron chi connectivity index (χ2n) is 5.61. The number of aromatic nitrogens is 2. The number of amides is 1. The highest BCUT2D eigenvalue weighted by molar-refractivity contribution is 6.29. The van der Waals surface area contributed by atoms with E-state index in [1.807, 2.05) is 12.1 Å². The first-order valence-electron chi connectivity index (χ1n) is 7.27. The molecule has 1 aromatic heterocycles. The van der Waals surface area contributed by atoms with Gasteiger partial charge in [-0.05, 0) is 24.0 Å². The van der Waals surface area contributed by atoms with Gasteiger partial charge in [0.1, 0.15) is 0 Å². The molecule has 0 unspecified atom stereocenters. The zero-order valence-electron chi connectivity index (χ0n) is 12.5. The van der Waals surface area contributed by atoms with Crippen LogP contribution in [0, 0.1) is 0 Å². The molecule has 1 aliphatic carbocycles. The van der Waals surface area contributed by atoms with Crippen LogP contribution in [0.4, 0.5) is 0 Å². The van der Waals surface area contributed by atoms with E-state index in [2.05, 4.69) is 23.8 Å². The van der Waals surface area contributed by atoms with Crippen molar-refractivity contribution in [2.45, 2.75) is 18.9 Å². The Labute approximate surface area is 135 Å². The van der Waals surface area contributed by atoms with E-state index in [1.165, 1.54) is 11.1 Å². The second-order valence-corrected chi connectivity index (χ2v) is 6.14. The number of hydrogen-bond donors (Lipinski definition) is 0. The summed E-state index contributed by atoms with van der Waals surface area (Å²) >= 11 is 6.01. The molecule has 0 fully saturated rings. The summed E-state index contributed by atoms with van der Waals surface area (Å²) in [6, 6.07) is 8.30. The molecule has 0 aliphatic heterocycles. The Balaban J connectivity index is 1.94. The van der Waals surface area contributed by atoms with E-state index in [9.17, 15) is 4.79 Å². The molecule has 22 heavy (non-hydrogen) atoms. The van der Waals surface area contributed by atoms with Gasteiger partial charge in [-0.15, -0.1) is 0 Å². The molecule has 0 radical (unpaired) electrons. The summed E-state index contributed by atoms with van der Waals surface area (Å²) in [5.74, 6) is -0.0587. The molecule has 1 aliphatic rings. The Hall–Kier alpha value is -2.07. The number of benzene rings is 1. The monoisotopic (exact) mass is 315 g/mol. The number of carbonyl (C=O) groups excluding carboxylic acids is 1. The molecule has 0 spiro atoms. The van der Waals surface area contributed by atoms with Gasteiger partial charge in [0.05, 0.1) is 24.3 Å². The van der Waals surface area contributed by atoms with Crippen LogP contribution in [0.15, 0.2) is 48.3 Å². The van der Waals surface area contributed by atoms with Gasteiger partial charge in [0.25, 0.3) is 5.91 Å². The Morgan fingerprint density at radius 3 is 2.95 bits per heavy atom. The van der Waals surface area contributed by atoms with Gasteiger partial charge in [-0.25, -0.2) is 0 Å². The molecular formula is C17H18ClN3O. The highest BCUT2D eigenvalue weighted by atomic mass is 35.5. The van der Waals surface area contributed by atoms with Crippen LogP contribution < -0.4 is 0 Å². The lowest BCUT2D eigenvalue weighted by Crippen LogP contribution is -2.35. The third-order valence-corrected chi connectivity index (χ3v) is 4.15. The van der Waals surface area contributed by atoms with Gasteiger partial charge in [-0.1, -0.05) is 42.4 Å². The maximum absolute atomic E-state index is 12.9. The zero-order valence-corrected chi connectivity index (χ0v) is 13.3. The third kappa shape index (κ3) is 2.79. The molecule has 1 atom stereocenters. The lowest BCUT2D eigenvalue weighted by molar-refractivity contribution is 0.0699. The summed E-state index contributed by atoms with van der Waals surface area (Å²) in [4.78, 5) is 14.7. The quantitative estimate of drug-likeness (QED) is 0.868. The SMILES string of the molecule is C=C(Cl)CN(C(=O)c1cnn(C)c1)[C@@H]1CCc2ccccc21. The molecule has 5 heteroatoms. The fourth-order valence-electron chi connectivity index (χ4n) is 3.06. The Morgan fingerprint density at radius 1 is 1.50 bits per heavy atom. The summed E-state index contributed by atoms with van der Waals surface area (Å²) in [5.41, 5.74) is 3.08. The van der Waals surface area contributed by atoms with Crippen LogP contribution in [0.1, 0.15) is 33.9 Å². The van der Waals surface area contributed by atoms with Crippen LogP contribution >= 0.6 is 11.6 Å². The minimum atomic E-state index is -0.0587. The summed E-state index contributed by atoms with van der Waals surface area (Å²) < 4.78 is 1.63. The van der Waals surface area contributed by atoms with E-state index >= 15 is 0 Å². The lowest BCUT2D eigenvalue weighted by Gasteiger charge is -2.29. The van der Waals surface area contributed by atoms with Crippen molar-refractivity contribution in [3.8, 4) is 0 Å². The zero-order chi connectivity index (χ0) is 15.7. The van der Waals surface area contributed by atoms with Crippen molar-refractivity contribution >= 4 is 17.5 Å². The van der Waals surface area contributed by atoms with E-state index in [0.717, 1.165) is 12.8 Å². The predicted octanol–water partition coefficient (Wildman–Crippen LogP) is 3.30. The number of fused-ring (bicyclic) bond motifs is 1. The maximum atomic E-state index is 12.9. The van der Waals surface area contributed by atoms with Gasteiger partial charge < -0.3 is 4.90 Å². The van der Waals surface area contributed by atoms with Crippen LogP contribution in [0.2, 0.25) is 0 Å². The van der Waals surface area contributed by atoms with Gasteiger partial charge in [-0.2, -0.15) is 5.10 Å². The smallest absolute Gasteiger partial charge is 0.257 e. The van der Waals surface area contributed by atoms with Gasteiger partial charge in [0.15, 0.2) is 0 Å². The van der Waals surface area contributed by atoms with Crippen LogP contribution in [-0.2, 0) is 13.5 Å². The molecule has 0 bridgehead atoms. The molecule has 1 heterocycles. The fraction of sp³-hybridized carbons (Fsp3) is 0.294. The molecule has 0 saturated heterocycles. The van der Waals surface area contributed by atoms with Crippen molar-refractivity contribution < 1.29 is 4.79 Å². The van der Waals surface area contributed by atoms with Crippen molar-refractivity contribution in [2.75, 3.05) is 6.54 Å². The summed E-state index contributed by atoms with van der Waals surface area (Å²) in [6.07, 6.45) is 5.21. The first-order valence-corrected chi connectivity index (χ1v) is 7.64. The summed E-state index contributed by atoms with van der Waals surface area (Å²) in [7, 11) is 1.80. The standard InChI is InChI=1S/C17H18ClN3O/c1-12(18)10-21(17(22)14-9-19-20(2)11-14)16-8-7-13-5-3-4-6-15(13)16/h3-6,9,11,16H,1,7-8,10H2,2H3/t16-/m1/s1. The van der Waals surface area contributed by atoms with Gasteiger partial charge in [-0.3, -0.25) is 9.48 Å². The molecular weight excluding hydrogens is 298 g/mol. The highest BCUT2D eigenvalue weighted by Gasteiger charge is 2.31. The number of aryl methyl sites for hydroxylation is 2. The van der Waals surface area contributed by atoms with Crippen molar-refractivity contribution in [1.82, 2.24) is 14.7 Å². The highest BCUT2D eigenvalue weighted by Crippen LogP contribution is 2.36. The Morgan fingerprint density at radius 2 is 2.27 bits per heavy atom. The van der Waals surface area contributed by atoms with Crippen LogP contribution in [0.5, 0.6) is 0 Å². The van der Waals surface area contributed by atoms with Crippen LogP contribution in [0.3, 0.4) is 0 Å². The topological polar surface area (TPSA) is 38.1 Å². The molecule has 2 aromatic rings. The van der Waals surface area contributed by atoms with Crippen molar-refractivity contribution in [1.29, 1.82) is 0 Å². The maximum Gasteiger partial charge on any atom is 0.257 e. The average Bonchev–Trinajstić information content (AvgIpc) is 3.10. The van der Waals surface area contributed by atoms with E-state index < -0.39 is 0 Å². The molecule has 1 aromatic carbocycles.